The highest BCUT2D eigenvalue weighted by molar-refractivity contribution is 6.31. The summed E-state index contributed by atoms with van der Waals surface area (Å²) in [5.41, 5.74) is 8.21. The van der Waals surface area contributed by atoms with Crippen molar-refractivity contribution in [3.05, 3.63) is 16.4 Å². The molecule has 2 rings (SSSR count). The van der Waals surface area contributed by atoms with E-state index in [1.54, 1.807) is 0 Å². The molecule has 0 aromatic carbocycles. The summed E-state index contributed by atoms with van der Waals surface area (Å²) in [7, 11) is 1.95. The van der Waals surface area contributed by atoms with Crippen LogP contribution in [0.25, 0.3) is 0 Å². The molecular formula is C12H20ClN3. The molecule has 0 amide bonds. The Morgan fingerprint density at radius 1 is 1.56 bits per heavy atom. The average molecular weight is 242 g/mol. The van der Waals surface area contributed by atoms with E-state index in [-0.39, 0.29) is 6.04 Å². The first-order valence-electron chi connectivity index (χ1n) is 6.07. The summed E-state index contributed by atoms with van der Waals surface area (Å²) in [6.07, 6.45) is 5.56. The number of hydrogen-bond acceptors (Lipinski definition) is 2. The Morgan fingerprint density at radius 3 is 2.75 bits per heavy atom. The predicted molar refractivity (Wildman–Crippen MR) is 66.6 cm³/mol. The van der Waals surface area contributed by atoms with Gasteiger partial charge in [0, 0.05) is 19.5 Å². The van der Waals surface area contributed by atoms with Crippen molar-refractivity contribution >= 4 is 11.6 Å². The van der Waals surface area contributed by atoms with E-state index in [1.165, 1.54) is 12.8 Å². The lowest BCUT2D eigenvalue weighted by atomic mass is 10.1. The molecule has 2 N–H and O–H groups in total. The third kappa shape index (κ3) is 2.58. The highest BCUT2D eigenvalue weighted by Crippen LogP contribution is 2.34. The van der Waals surface area contributed by atoms with Crippen LogP contribution in [-0.2, 0) is 19.9 Å². The number of nitrogens with two attached hydrogens (primary N) is 1. The van der Waals surface area contributed by atoms with Crippen molar-refractivity contribution in [2.24, 2.45) is 18.7 Å². The van der Waals surface area contributed by atoms with Crippen LogP contribution in [0.4, 0.5) is 0 Å². The number of halogens is 1. The van der Waals surface area contributed by atoms with Gasteiger partial charge >= 0.3 is 0 Å². The van der Waals surface area contributed by atoms with Gasteiger partial charge in [-0.05, 0) is 18.8 Å². The minimum absolute atomic E-state index is 0.227. The topological polar surface area (TPSA) is 43.8 Å². The van der Waals surface area contributed by atoms with Crippen molar-refractivity contribution in [1.29, 1.82) is 0 Å². The van der Waals surface area contributed by atoms with Crippen LogP contribution in [0, 0.1) is 5.92 Å². The molecule has 1 aromatic heterocycles. The van der Waals surface area contributed by atoms with E-state index in [0.29, 0.717) is 0 Å². The fourth-order valence-electron chi connectivity index (χ4n) is 2.15. The van der Waals surface area contributed by atoms with E-state index in [1.807, 2.05) is 11.7 Å². The summed E-state index contributed by atoms with van der Waals surface area (Å²) in [5.74, 6) is 0.868. The van der Waals surface area contributed by atoms with Crippen LogP contribution in [-0.4, -0.2) is 15.8 Å². The Kier molecular flexibility index (Phi) is 3.55. The van der Waals surface area contributed by atoms with Gasteiger partial charge in [0.25, 0.3) is 0 Å². The van der Waals surface area contributed by atoms with Gasteiger partial charge in [0.1, 0.15) is 0 Å². The zero-order valence-electron chi connectivity index (χ0n) is 10.0. The normalized spacial score (nSPS) is 17.8. The van der Waals surface area contributed by atoms with Gasteiger partial charge in [-0.2, -0.15) is 5.10 Å². The molecule has 0 aliphatic heterocycles. The minimum atomic E-state index is 0.227. The summed E-state index contributed by atoms with van der Waals surface area (Å²) in [6.45, 7) is 2.07. The molecule has 1 aliphatic carbocycles. The second-order valence-corrected chi connectivity index (χ2v) is 5.21. The smallest absolute Gasteiger partial charge is 0.0850 e. The van der Waals surface area contributed by atoms with Gasteiger partial charge in [-0.1, -0.05) is 31.4 Å². The molecular weight excluding hydrogens is 222 g/mol. The zero-order valence-corrected chi connectivity index (χ0v) is 10.8. The fourth-order valence-corrected chi connectivity index (χ4v) is 2.53. The molecule has 0 saturated heterocycles. The molecule has 4 heteroatoms. The van der Waals surface area contributed by atoms with E-state index in [2.05, 4.69) is 12.0 Å². The number of rotatable bonds is 5. The molecule has 0 spiro atoms. The van der Waals surface area contributed by atoms with E-state index in [4.69, 9.17) is 17.3 Å². The van der Waals surface area contributed by atoms with Crippen molar-refractivity contribution in [2.45, 2.75) is 45.1 Å². The molecule has 1 unspecified atom stereocenters. The van der Waals surface area contributed by atoms with Crippen LogP contribution in [0.1, 0.15) is 37.6 Å². The maximum absolute atomic E-state index is 6.29. The van der Waals surface area contributed by atoms with Crippen molar-refractivity contribution < 1.29 is 0 Å². The monoisotopic (exact) mass is 241 g/mol. The first kappa shape index (κ1) is 11.9. The number of aromatic nitrogens is 2. The lowest BCUT2D eigenvalue weighted by Gasteiger charge is -2.11. The Morgan fingerprint density at radius 2 is 2.25 bits per heavy atom. The molecule has 0 bridgehead atoms. The third-order valence-corrected chi connectivity index (χ3v) is 3.73. The van der Waals surface area contributed by atoms with Crippen LogP contribution in [0.15, 0.2) is 0 Å². The molecule has 1 heterocycles. The quantitative estimate of drug-likeness (QED) is 0.860. The average Bonchev–Trinajstić information content (AvgIpc) is 3.00. The predicted octanol–water partition coefficient (Wildman–Crippen LogP) is 2.31. The van der Waals surface area contributed by atoms with Crippen LogP contribution in [0.5, 0.6) is 0 Å². The van der Waals surface area contributed by atoms with Crippen LogP contribution in [0.3, 0.4) is 0 Å². The van der Waals surface area contributed by atoms with E-state index >= 15 is 0 Å². The Bertz CT molecular complexity index is 369. The molecule has 16 heavy (non-hydrogen) atoms. The maximum atomic E-state index is 6.29. The minimum Gasteiger partial charge on any atom is -0.327 e. The molecule has 1 aromatic rings. The lowest BCUT2D eigenvalue weighted by Crippen LogP contribution is -2.24. The van der Waals surface area contributed by atoms with Crippen molar-refractivity contribution in [1.82, 2.24) is 9.78 Å². The van der Waals surface area contributed by atoms with Crippen molar-refractivity contribution in [3.8, 4) is 0 Å². The van der Waals surface area contributed by atoms with Gasteiger partial charge in [0.05, 0.1) is 16.4 Å². The van der Waals surface area contributed by atoms with Gasteiger partial charge in [-0.15, -0.1) is 0 Å². The number of nitrogens with zero attached hydrogens (tertiary/aromatic N) is 2. The Labute approximate surface area is 102 Å². The SMILES string of the molecule is CCc1nn(C)c(CC(N)CC2CC2)c1Cl. The molecule has 0 radical (unpaired) electrons. The molecule has 1 aliphatic rings. The molecule has 3 nitrogen and oxygen atoms in total. The summed E-state index contributed by atoms with van der Waals surface area (Å²) >= 11 is 6.29. The Balaban J connectivity index is 2.04. The first-order valence-corrected chi connectivity index (χ1v) is 6.45. The summed E-state index contributed by atoms with van der Waals surface area (Å²) in [4.78, 5) is 0. The van der Waals surface area contributed by atoms with Gasteiger partial charge < -0.3 is 5.73 Å². The zero-order chi connectivity index (χ0) is 11.7. The van der Waals surface area contributed by atoms with Crippen molar-refractivity contribution in [2.75, 3.05) is 0 Å². The van der Waals surface area contributed by atoms with Crippen molar-refractivity contribution in [3.63, 3.8) is 0 Å². The lowest BCUT2D eigenvalue weighted by molar-refractivity contribution is 0.545. The van der Waals surface area contributed by atoms with Gasteiger partial charge in [0.15, 0.2) is 0 Å². The summed E-state index contributed by atoms with van der Waals surface area (Å²) in [5, 5.41) is 5.22. The van der Waals surface area contributed by atoms with Gasteiger partial charge in [-0.3, -0.25) is 4.68 Å². The first-order chi connectivity index (χ1) is 7.61. The Hall–Kier alpha value is -0.540. The van der Waals surface area contributed by atoms with Gasteiger partial charge in [0.2, 0.25) is 0 Å². The second-order valence-electron chi connectivity index (χ2n) is 4.83. The standard InChI is InChI=1S/C12H20ClN3/c1-3-10-12(13)11(16(2)15-10)7-9(14)6-8-4-5-8/h8-9H,3-7,14H2,1-2H3. The molecule has 1 saturated carbocycles. The maximum Gasteiger partial charge on any atom is 0.0850 e. The molecule has 90 valence electrons. The summed E-state index contributed by atoms with van der Waals surface area (Å²) < 4.78 is 1.88. The second kappa shape index (κ2) is 4.76. The van der Waals surface area contributed by atoms with E-state index in [0.717, 1.165) is 41.6 Å². The highest BCUT2D eigenvalue weighted by atomic mass is 35.5. The van der Waals surface area contributed by atoms with Crippen LogP contribution < -0.4 is 5.73 Å². The fraction of sp³-hybridized carbons (Fsp3) is 0.750. The van der Waals surface area contributed by atoms with Gasteiger partial charge in [-0.25, -0.2) is 0 Å². The number of aryl methyl sites for hydroxylation is 2. The van der Waals surface area contributed by atoms with E-state index < -0.39 is 0 Å². The number of hydrogen-bond donors (Lipinski definition) is 1. The summed E-state index contributed by atoms with van der Waals surface area (Å²) in [6, 6.07) is 0.227. The molecule has 1 atom stereocenters. The highest BCUT2D eigenvalue weighted by Gasteiger charge is 2.25. The van der Waals surface area contributed by atoms with Crippen LogP contribution in [0.2, 0.25) is 5.02 Å². The van der Waals surface area contributed by atoms with E-state index in [9.17, 15) is 0 Å². The van der Waals surface area contributed by atoms with Crippen LogP contribution >= 0.6 is 11.6 Å². The largest absolute Gasteiger partial charge is 0.327 e. The molecule has 1 fully saturated rings. The third-order valence-electron chi connectivity index (χ3n) is 3.29.